The third-order valence-corrected chi connectivity index (χ3v) is 4.07. The summed E-state index contributed by atoms with van der Waals surface area (Å²) in [7, 11) is 0. The van der Waals surface area contributed by atoms with Crippen LogP contribution in [0.2, 0.25) is 5.02 Å². The van der Waals surface area contributed by atoms with Crippen molar-refractivity contribution in [3.05, 3.63) is 34.9 Å². The molecule has 2 nitrogen and oxygen atoms in total. The largest absolute Gasteiger partial charge is 0.376 e. The lowest BCUT2D eigenvalue weighted by molar-refractivity contribution is 0.0615. The predicted molar refractivity (Wildman–Crippen MR) is 76.1 cm³/mol. The average molecular weight is 268 g/mol. The fourth-order valence-corrected chi connectivity index (χ4v) is 2.91. The van der Waals surface area contributed by atoms with Crippen molar-refractivity contribution in [3.63, 3.8) is 0 Å². The van der Waals surface area contributed by atoms with Gasteiger partial charge in [-0.25, -0.2) is 0 Å². The molecule has 1 heterocycles. The van der Waals surface area contributed by atoms with Crippen LogP contribution in [0, 0.1) is 5.92 Å². The van der Waals surface area contributed by atoms with E-state index in [9.17, 15) is 0 Å². The number of hydrogen-bond donors (Lipinski definition) is 1. The molecule has 0 bridgehead atoms. The zero-order valence-electron chi connectivity index (χ0n) is 11.2. The van der Waals surface area contributed by atoms with E-state index in [1.165, 1.54) is 5.56 Å². The van der Waals surface area contributed by atoms with E-state index in [4.69, 9.17) is 16.3 Å². The highest BCUT2D eigenvalue weighted by molar-refractivity contribution is 6.31. The second-order valence-electron chi connectivity index (χ2n) is 5.06. The van der Waals surface area contributed by atoms with Crippen LogP contribution in [0.5, 0.6) is 0 Å². The minimum Gasteiger partial charge on any atom is -0.376 e. The molecule has 0 saturated carbocycles. The Morgan fingerprint density at radius 1 is 1.44 bits per heavy atom. The van der Waals surface area contributed by atoms with Crippen LogP contribution in [0.15, 0.2) is 24.3 Å². The van der Waals surface area contributed by atoms with E-state index in [1.54, 1.807) is 0 Å². The van der Waals surface area contributed by atoms with Gasteiger partial charge in [-0.05, 0) is 36.9 Å². The topological polar surface area (TPSA) is 21.3 Å². The first kappa shape index (κ1) is 13.9. The van der Waals surface area contributed by atoms with Gasteiger partial charge < -0.3 is 10.1 Å². The fraction of sp³-hybridized carbons (Fsp3) is 0.600. The van der Waals surface area contributed by atoms with E-state index in [1.807, 2.05) is 18.2 Å². The molecule has 0 aliphatic carbocycles. The first-order chi connectivity index (χ1) is 8.72. The Labute approximate surface area is 115 Å². The number of likely N-dealkylation sites (N-methyl/N-ethyl adjacent to an activating group) is 1. The van der Waals surface area contributed by atoms with Crippen molar-refractivity contribution in [2.75, 3.05) is 13.2 Å². The third-order valence-electron chi connectivity index (χ3n) is 3.70. The maximum atomic E-state index is 6.24. The van der Waals surface area contributed by atoms with Crippen LogP contribution in [0.25, 0.3) is 0 Å². The quantitative estimate of drug-likeness (QED) is 0.884. The van der Waals surface area contributed by atoms with Gasteiger partial charge in [0, 0.05) is 17.7 Å². The molecule has 100 valence electrons. The smallest absolute Gasteiger partial charge is 0.0757 e. The molecule has 1 aromatic carbocycles. The summed E-state index contributed by atoms with van der Waals surface area (Å²) in [6.45, 7) is 6.26. The lowest BCUT2D eigenvalue weighted by Gasteiger charge is -2.27. The Bertz CT molecular complexity index is 383. The Kier molecular flexibility index (Phi) is 5.04. The summed E-state index contributed by atoms with van der Waals surface area (Å²) in [5, 5.41) is 4.40. The molecule has 1 saturated heterocycles. The van der Waals surface area contributed by atoms with Crippen LogP contribution in [-0.4, -0.2) is 25.3 Å². The zero-order valence-corrected chi connectivity index (χ0v) is 11.9. The van der Waals surface area contributed by atoms with Gasteiger partial charge in [0.2, 0.25) is 0 Å². The number of hydrogen-bond acceptors (Lipinski definition) is 2. The van der Waals surface area contributed by atoms with Gasteiger partial charge in [0.15, 0.2) is 0 Å². The van der Waals surface area contributed by atoms with Crippen molar-refractivity contribution in [2.24, 2.45) is 5.92 Å². The van der Waals surface area contributed by atoms with Gasteiger partial charge in [0.1, 0.15) is 0 Å². The van der Waals surface area contributed by atoms with Crippen molar-refractivity contribution >= 4 is 11.6 Å². The highest BCUT2D eigenvalue weighted by Gasteiger charge is 2.31. The van der Waals surface area contributed by atoms with Crippen LogP contribution in [0.1, 0.15) is 25.8 Å². The van der Waals surface area contributed by atoms with E-state index in [0.29, 0.717) is 18.1 Å². The van der Waals surface area contributed by atoms with Crippen molar-refractivity contribution < 1.29 is 4.74 Å². The maximum absolute atomic E-state index is 6.24. The molecule has 1 fully saturated rings. The molecule has 0 amide bonds. The first-order valence-electron chi connectivity index (χ1n) is 6.80. The molecular formula is C15H22ClNO. The summed E-state index contributed by atoms with van der Waals surface area (Å²) in [5.41, 5.74) is 1.20. The monoisotopic (exact) mass is 267 g/mol. The van der Waals surface area contributed by atoms with Gasteiger partial charge in [-0.15, -0.1) is 0 Å². The Hall–Kier alpha value is -0.570. The SMILES string of the molecule is CCNC(Cc1ccccc1Cl)C1OCCC1C. The van der Waals surface area contributed by atoms with Crippen LogP contribution in [0.3, 0.4) is 0 Å². The maximum Gasteiger partial charge on any atom is 0.0757 e. The van der Waals surface area contributed by atoms with E-state index in [-0.39, 0.29) is 0 Å². The summed E-state index contributed by atoms with van der Waals surface area (Å²) in [5.74, 6) is 0.622. The van der Waals surface area contributed by atoms with Gasteiger partial charge >= 0.3 is 0 Å². The Morgan fingerprint density at radius 2 is 2.22 bits per heavy atom. The summed E-state index contributed by atoms with van der Waals surface area (Å²) in [4.78, 5) is 0. The number of rotatable bonds is 5. The van der Waals surface area contributed by atoms with Crippen molar-refractivity contribution in [3.8, 4) is 0 Å². The molecule has 3 unspecified atom stereocenters. The minimum atomic E-state index is 0.307. The predicted octanol–water partition coefficient (Wildman–Crippen LogP) is 3.29. The number of nitrogens with one attached hydrogen (secondary N) is 1. The summed E-state index contributed by atoms with van der Waals surface area (Å²) in [6, 6.07) is 8.43. The minimum absolute atomic E-state index is 0.307. The Balaban J connectivity index is 2.08. The van der Waals surface area contributed by atoms with Gasteiger partial charge in [0.25, 0.3) is 0 Å². The summed E-state index contributed by atoms with van der Waals surface area (Å²) < 4.78 is 5.89. The molecule has 3 atom stereocenters. The van der Waals surface area contributed by atoms with Gasteiger partial charge in [-0.3, -0.25) is 0 Å². The molecule has 1 aromatic rings. The van der Waals surface area contributed by atoms with Gasteiger partial charge in [-0.2, -0.15) is 0 Å². The highest BCUT2D eigenvalue weighted by atomic mass is 35.5. The molecule has 1 N–H and O–H groups in total. The number of halogens is 1. The van der Waals surface area contributed by atoms with Crippen LogP contribution in [-0.2, 0) is 11.2 Å². The second-order valence-corrected chi connectivity index (χ2v) is 5.47. The normalized spacial score (nSPS) is 25.3. The highest BCUT2D eigenvalue weighted by Crippen LogP contribution is 2.26. The molecule has 18 heavy (non-hydrogen) atoms. The lowest BCUT2D eigenvalue weighted by Crippen LogP contribution is -2.43. The molecule has 0 spiro atoms. The Morgan fingerprint density at radius 3 is 2.83 bits per heavy atom. The van der Waals surface area contributed by atoms with Crippen LogP contribution < -0.4 is 5.32 Å². The van der Waals surface area contributed by atoms with Crippen molar-refractivity contribution in [1.29, 1.82) is 0 Å². The first-order valence-corrected chi connectivity index (χ1v) is 7.18. The van der Waals surface area contributed by atoms with Crippen LogP contribution in [0.4, 0.5) is 0 Å². The molecular weight excluding hydrogens is 246 g/mol. The van der Waals surface area contributed by atoms with Gasteiger partial charge in [-0.1, -0.05) is 43.6 Å². The lowest BCUT2D eigenvalue weighted by atomic mass is 9.93. The molecule has 3 heteroatoms. The molecule has 1 aliphatic rings. The summed E-state index contributed by atoms with van der Waals surface area (Å²) in [6.07, 6.45) is 2.40. The number of ether oxygens (including phenoxy) is 1. The average Bonchev–Trinajstić information content (AvgIpc) is 2.78. The van der Waals surface area contributed by atoms with Crippen LogP contribution >= 0.6 is 11.6 Å². The van der Waals surface area contributed by atoms with E-state index >= 15 is 0 Å². The zero-order chi connectivity index (χ0) is 13.0. The standard InChI is InChI=1S/C15H22ClNO/c1-3-17-14(15-11(2)8-9-18-15)10-12-6-4-5-7-13(12)16/h4-7,11,14-15,17H,3,8-10H2,1-2H3. The van der Waals surface area contributed by atoms with Crippen molar-refractivity contribution in [2.45, 2.75) is 38.8 Å². The van der Waals surface area contributed by atoms with E-state index < -0.39 is 0 Å². The molecule has 1 aliphatic heterocycles. The molecule has 2 rings (SSSR count). The van der Waals surface area contributed by atoms with E-state index in [0.717, 1.165) is 31.0 Å². The molecule has 0 radical (unpaired) electrons. The fourth-order valence-electron chi connectivity index (χ4n) is 2.70. The molecule has 0 aromatic heterocycles. The van der Waals surface area contributed by atoms with E-state index in [2.05, 4.69) is 25.2 Å². The summed E-state index contributed by atoms with van der Waals surface area (Å²) >= 11 is 6.24. The second kappa shape index (κ2) is 6.55. The number of benzene rings is 1. The van der Waals surface area contributed by atoms with Gasteiger partial charge in [0.05, 0.1) is 6.10 Å². The third kappa shape index (κ3) is 3.25. The van der Waals surface area contributed by atoms with Crippen molar-refractivity contribution in [1.82, 2.24) is 5.32 Å².